The molecule has 1 nitrogen and oxygen atoms in total. The minimum Gasteiger partial charge on any atom is -0.248 e. The molecule has 0 radical (unpaired) electrons. The van der Waals surface area contributed by atoms with Crippen molar-refractivity contribution in [1.82, 2.24) is 4.98 Å². The van der Waals surface area contributed by atoms with Crippen LogP contribution in [0.1, 0.15) is 0 Å². The SMILES string of the molecule is Brc1ccc(-c2cc(-c3cccc4ccccc34)cc(-c3ccc4ccccc4c3)n2)cc1. The molecule has 0 N–H and O–H groups in total. The van der Waals surface area contributed by atoms with E-state index in [1.165, 1.54) is 32.7 Å². The van der Waals surface area contributed by atoms with Crippen LogP contribution in [0.3, 0.4) is 0 Å². The molecule has 6 aromatic rings. The van der Waals surface area contributed by atoms with Gasteiger partial charge in [0.25, 0.3) is 0 Å². The summed E-state index contributed by atoms with van der Waals surface area (Å²) in [7, 11) is 0. The van der Waals surface area contributed by atoms with Crippen LogP contribution in [0, 0.1) is 0 Å². The second-order valence-corrected chi connectivity index (χ2v) is 9.14. The lowest BCUT2D eigenvalue weighted by atomic mass is 9.95. The Morgan fingerprint density at radius 1 is 0.455 bits per heavy atom. The molecule has 2 heteroatoms. The third-order valence-electron chi connectivity index (χ3n) is 6.11. The van der Waals surface area contributed by atoms with Crippen LogP contribution in [-0.2, 0) is 0 Å². The zero-order valence-electron chi connectivity index (χ0n) is 17.9. The predicted octanol–water partition coefficient (Wildman–Crippen LogP) is 9.15. The van der Waals surface area contributed by atoms with Gasteiger partial charge in [0.05, 0.1) is 11.4 Å². The number of hydrogen-bond acceptors (Lipinski definition) is 1. The van der Waals surface area contributed by atoms with Gasteiger partial charge in [0, 0.05) is 15.6 Å². The van der Waals surface area contributed by atoms with Gasteiger partial charge in [-0.2, -0.15) is 0 Å². The van der Waals surface area contributed by atoms with Gasteiger partial charge < -0.3 is 0 Å². The third-order valence-corrected chi connectivity index (χ3v) is 6.64. The smallest absolute Gasteiger partial charge is 0.0715 e. The Morgan fingerprint density at radius 2 is 1.09 bits per heavy atom. The van der Waals surface area contributed by atoms with Crippen molar-refractivity contribution in [2.75, 3.05) is 0 Å². The van der Waals surface area contributed by atoms with E-state index in [2.05, 4.69) is 137 Å². The molecule has 0 aliphatic carbocycles. The maximum atomic E-state index is 5.10. The van der Waals surface area contributed by atoms with Crippen molar-refractivity contribution in [2.45, 2.75) is 0 Å². The summed E-state index contributed by atoms with van der Waals surface area (Å²) in [6, 6.07) is 42.9. The summed E-state index contributed by atoms with van der Waals surface area (Å²) < 4.78 is 1.06. The first-order valence-electron chi connectivity index (χ1n) is 11.0. The van der Waals surface area contributed by atoms with Crippen molar-refractivity contribution in [3.8, 4) is 33.6 Å². The van der Waals surface area contributed by atoms with Crippen LogP contribution >= 0.6 is 15.9 Å². The maximum absolute atomic E-state index is 5.10. The maximum Gasteiger partial charge on any atom is 0.0715 e. The molecule has 156 valence electrons. The van der Waals surface area contributed by atoms with Gasteiger partial charge in [-0.1, -0.05) is 107 Å². The first kappa shape index (κ1) is 19.9. The molecule has 0 aliphatic rings. The minimum absolute atomic E-state index is 0.969. The summed E-state index contributed by atoms with van der Waals surface area (Å²) in [5.41, 5.74) is 6.55. The van der Waals surface area contributed by atoms with Crippen molar-refractivity contribution in [2.24, 2.45) is 0 Å². The highest BCUT2D eigenvalue weighted by Gasteiger charge is 2.11. The molecule has 1 heterocycles. The fraction of sp³-hybridized carbons (Fsp3) is 0. The summed E-state index contributed by atoms with van der Waals surface area (Å²) in [5.74, 6) is 0. The lowest BCUT2D eigenvalue weighted by Crippen LogP contribution is -1.92. The second-order valence-electron chi connectivity index (χ2n) is 8.22. The van der Waals surface area contributed by atoms with Crippen LogP contribution in [0.15, 0.2) is 126 Å². The Balaban J connectivity index is 1.60. The molecule has 5 aromatic carbocycles. The van der Waals surface area contributed by atoms with E-state index in [9.17, 15) is 0 Å². The first-order valence-corrected chi connectivity index (χ1v) is 11.8. The largest absolute Gasteiger partial charge is 0.248 e. The van der Waals surface area contributed by atoms with Crippen LogP contribution < -0.4 is 0 Å². The standard InChI is InChI=1S/C31H20BrN/c32-27-16-14-23(15-17-27)30-19-26(29-11-5-9-22-7-3-4-10-28(22)29)20-31(33-30)25-13-12-21-6-1-2-8-24(21)18-25/h1-20H. The van der Waals surface area contributed by atoms with Crippen LogP contribution in [0.4, 0.5) is 0 Å². The molecular formula is C31H20BrN. The van der Waals surface area contributed by atoms with E-state index in [0.717, 1.165) is 27.0 Å². The van der Waals surface area contributed by atoms with Crippen molar-refractivity contribution in [3.05, 3.63) is 126 Å². The monoisotopic (exact) mass is 485 g/mol. The molecule has 0 aliphatic heterocycles. The summed E-state index contributed by atoms with van der Waals surface area (Å²) in [6.45, 7) is 0. The zero-order chi connectivity index (χ0) is 22.2. The van der Waals surface area contributed by atoms with Crippen LogP contribution in [-0.4, -0.2) is 4.98 Å². The molecule has 0 unspecified atom stereocenters. The molecule has 1 aromatic heterocycles. The van der Waals surface area contributed by atoms with Gasteiger partial charge in [-0.25, -0.2) is 4.98 Å². The number of rotatable bonds is 3. The average Bonchev–Trinajstić information content (AvgIpc) is 2.88. The molecule has 0 amide bonds. The molecule has 0 saturated heterocycles. The van der Waals surface area contributed by atoms with E-state index in [0.29, 0.717) is 0 Å². The van der Waals surface area contributed by atoms with Gasteiger partial charge in [0.15, 0.2) is 0 Å². The average molecular weight is 486 g/mol. The molecule has 0 spiro atoms. The second kappa shape index (κ2) is 8.31. The minimum atomic E-state index is 0.969. The Bertz CT molecular complexity index is 1610. The van der Waals surface area contributed by atoms with E-state index in [4.69, 9.17) is 4.98 Å². The van der Waals surface area contributed by atoms with E-state index >= 15 is 0 Å². The predicted molar refractivity (Wildman–Crippen MR) is 143 cm³/mol. The summed E-state index contributed by atoms with van der Waals surface area (Å²) in [6.07, 6.45) is 0. The van der Waals surface area contributed by atoms with Crippen molar-refractivity contribution in [1.29, 1.82) is 0 Å². The number of aromatic nitrogens is 1. The summed E-state index contributed by atoms with van der Waals surface area (Å²) in [5, 5.41) is 4.94. The van der Waals surface area contributed by atoms with Gasteiger partial charge in [-0.05, 0) is 63.0 Å². The van der Waals surface area contributed by atoms with Crippen LogP contribution in [0.2, 0.25) is 0 Å². The number of hydrogen-bond donors (Lipinski definition) is 0. The van der Waals surface area contributed by atoms with Gasteiger partial charge in [0.2, 0.25) is 0 Å². The zero-order valence-corrected chi connectivity index (χ0v) is 19.5. The van der Waals surface area contributed by atoms with E-state index in [1.807, 2.05) is 0 Å². The normalized spacial score (nSPS) is 11.2. The molecular weight excluding hydrogens is 466 g/mol. The number of pyridine rings is 1. The first-order chi connectivity index (χ1) is 16.2. The van der Waals surface area contributed by atoms with Gasteiger partial charge in [-0.15, -0.1) is 0 Å². The van der Waals surface area contributed by atoms with Crippen molar-refractivity contribution in [3.63, 3.8) is 0 Å². The Morgan fingerprint density at radius 3 is 1.91 bits per heavy atom. The highest BCUT2D eigenvalue weighted by molar-refractivity contribution is 9.10. The Kier molecular flexibility index (Phi) is 5.01. The van der Waals surface area contributed by atoms with E-state index in [1.54, 1.807) is 0 Å². The number of halogens is 1. The van der Waals surface area contributed by atoms with Crippen LogP contribution in [0.5, 0.6) is 0 Å². The third kappa shape index (κ3) is 3.83. The summed E-state index contributed by atoms with van der Waals surface area (Å²) in [4.78, 5) is 5.10. The molecule has 0 fully saturated rings. The van der Waals surface area contributed by atoms with E-state index < -0.39 is 0 Å². The topological polar surface area (TPSA) is 12.9 Å². The lowest BCUT2D eigenvalue weighted by Gasteiger charge is -2.13. The number of nitrogens with zero attached hydrogens (tertiary/aromatic N) is 1. The van der Waals surface area contributed by atoms with E-state index in [-0.39, 0.29) is 0 Å². The molecule has 0 bridgehead atoms. The Hall–Kier alpha value is -3.75. The molecule has 33 heavy (non-hydrogen) atoms. The van der Waals surface area contributed by atoms with Gasteiger partial charge in [-0.3, -0.25) is 0 Å². The fourth-order valence-corrected chi connectivity index (χ4v) is 4.69. The highest BCUT2D eigenvalue weighted by Crippen LogP contribution is 2.35. The molecule has 0 saturated carbocycles. The highest BCUT2D eigenvalue weighted by atomic mass is 79.9. The van der Waals surface area contributed by atoms with Crippen molar-refractivity contribution < 1.29 is 0 Å². The van der Waals surface area contributed by atoms with Crippen molar-refractivity contribution >= 4 is 37.5 Å². The molecule has 0 atom stereocenters. The lowest BCUT2D eigenvalue weighted by molar-refractivity contribution is 1.32. The van der Waals surface area contributed by atoms with Crippen LogP contribution in [0.25, 0.3) is 55.2 Å². The quantitative estimate of drug-likeness (QED) is 0.243. The van der Waals surface area contributed by atoms with Gasteiger partial charge in [0.1, 0.15) is 0 Å². The van der Waals surface area contributed by atoms with Gasteiger partial charge >= 0.3 is 0 Å². The Labute approximate surface area is 201 Å². The number of fused-ring (bicyclic) bond motifs is 2. The summed E-state index contributed by atoms with van der Waals surface area (Å²) >= 11 is 3.55. The molecule has 6 rings (SSSR count). The number of benzene rings is 5. The fourth-order valence-electron chi connectivity index (χ4n) is 4.43.